The van der Waals surface area contributed by atoms with Crippen LogP contribution >= 0.6 is 24.0 Å². The van der Waals surface area contributed by atoms with Crippen LogP contribution in [0.2, 0.25) is 0 Å². The fraction of sp³-hybridized carbons (Fsp3) is 0.381. The Morgan fingerprint density at radius 1 is 1.17 bits per heavy atom. The molecule has 2 N–H and O–H groups in total. The van der Waals surface area contributed by atoms with Gasteiger partial charge in [0.25, 0.3) is 0 Å². The molecule has 1 aliphatic rings. The zero-order valence-corrected chi connectivity index (χ0v) is 20.0. The zero-order valence-electron chi connectivity index (χ0n) is 16.8. The van der Waals surface area contributed by atoms with E-state index in [1.165, 1.54) is 18.2 Å². The summed E-state index contributed by atoms with van der Waals surface area (Å²) < 4.78 is 40.4. The summed E-state index contributed by atoms with van der Waals surface area (Å²) in [5, 5.41) is 6.50. The molecule has 0 amide bonds. The number of anilines is 1. The standard InChI is InChI=1S/C21H26F2N4OS.HI/c1-2-24-21(25-12-14-29(28)17-7-4-3-5-8-17)26-16-11-13-27(15-16)20-18(22)9-6-10-19(20)23;/h3-10,16H,2,11-15H2,1H3,(H2,24,25,26);1H. The molecular weight excluding hydrogens is 521 g/mol. The molecule has 5 nitrogen and oxygen atoms in total. The lowest BCUT2D eigenvalue weighted by Crippen LogP contribution is -2.44. The van der Waals surface area contributed by atoms with Gasteiger partial charge in [-0.1, -0.05) is 24.3 Å². The van der Waals surface area contributed by atoms with Crippen molar-refractivity contribution >= 4 is 46.4 Å². The Hall–Kier alpha value is -1.75. The van der Waals surface area contributed by atoms with Crippen LogP contribution in [-0.2, 0) is 10.8 Å². The van der Waals surface area contributed by atoms with E-state index in [1.54, 1.807) is 4.90 Å². The molecule has 2 aromatic carbocycles. The molecular formula is C21H27F2IN4OS. The van der Waals surface area contributed by atoms with E-state index in [1.807, 2.05) is 37.3 Å². The molecule has 1 heterocycles. The third-order valence-corrected chi connectivity index (χ3v) is 6.03. The Morgan fingerprint density at radius 3 is 2.53 bits per heavy atom. The number of nitrogens with zero attached hydrogens (tertiary/aromatic N) is 2. The molecule has 1 aliphatic heterocycles. The van der Waals surface area contributed by atoms with Crippen molar-refractivity contribution in [2.45, 2.75) is 24.3 Å². The van der Waals surface area contributed by atoms with E-state index in [0.717, 1.165) is 11.3 Å². The summed E-state index contributed by atoms with van der Waals surface area (Å²) in [6, 6.07) is 13.3. The van der Waals surface area contributed by atoms with Crippen molar-refractivity contribution in [1.82, 2.24) is 10.6 Å². The Labute approximate surface area is 195 Å². The highest BCUT2D eigenvalue weighted by Crippen LogP contribution is 2.26. The highest BCUT2D eigenvalue weighted by atomic mass is 127. The Morgan fingerprint density at radius 2 is 1.87 bits per heavy atom. The van der Waals surface area contributed by atoms with Crippen LogP contribution in [0.4, 0.5) is 14.5 Å². The van der Waals surface area contributed by atoms with Crippen molar-refractivity contribution in [3.05, 3.63) is 60.2 Å². The lowest BCUT2D eigenvalue weighted by molar-refractivity contribution is 0.576. The van der Waals surface area contributed by atoms with Gasteiger partial charge in [0.1, 0.15) is 17.3 Å². The van der Waals surface area contributed by atoms with Crippen molar-refractivity contribution in [3.8, 4) is 0 Å². The van der Waals surface area contributed by atoms with Gasteiger partial charge in [-0.25, -0.2) is 8.78 Å². The van der Waals surface area contributed by atoms with E-state index >= 15 is 0 Å². The number of rotatable bonds is 7. The van der Waals surface area contributed by atoms with E-state index in [9.17, 15) is 13.0 Å². The molecule has 2 atom stereocenters. The monoisotopic (exact) mass is 548 g/mol. The average molecular weight is 548 g/mol. The molecule has 0 saturated carbocycles. The van der Waals surface area contributed by atoms with Gasteiger partial charge in [0.05, 0.1) is 17.3 Å². The molecule has 0 spiro atoms. The summed E-state index contributed by atoms with van der Waals surface area (Å²) in [5.41, 5.74) is 0.0250. The van der Waals surface area contributed by atoms with Gasteiger partial charge in [-0.3, -0.25) is 9.20 Å². The number of guanidine groups is 1. The van der Waals surface area contributed by atoms with Gasteiger partial charge in [0.15, 0.2) is 5.96 Å². The van der Waals surface area contributed by atoms with Crippen LogP contribution in [-0.4, -0.2) is 48.1 Å². The summed E-state index contributed by atoms with van der Waals surface area (Å²) >= 11 is 0. The third-order valence-electron chi connectivity index (χ3n) is 4.68. The van der Waals surface area contributed by atoms with Crippen LogP contribution in [0, 0.1) is 11.6 Å². The fourth-order valence-corrected chi connectivity index (χ4v) is 4.27. The SMILES string of the molecule is CCNC(=NCCS(=O)c1ccccc1)NC1CCN(c2c(F)cccc2F)C1.I. The van der Waals surface area contributed by atoms with Crippen molar-refractivity contribution in [2.24, 2.45) is 4.99 Å². The second kappa shape index (κ2) is 12.2. The first kappa shape index (κ1) is 24.5. The number of aliphatic imine (C=N–C) groups is 1. The number of hydrogen-bond donors (Lipinski definition) is 2. The van der Waals surface area contributed by atoms with Gasteiger partial charge in [0, 0.05) is 36.3 Å². The van der Waals surface area contributed by atoms with Crippen LogP contribution in [0.5, 0.6) is 0 Å². The van der Waals surface area contributed by atoms with Gasteiger partial charge in [-0.05, 0) is 37.6 Å². The molecule has 1 saturated heterocycles. The Balaban J connectivity index is 0.00000320. The number of para-hydroxylation sites is 1. The van der Waals surface area contributed by atoms with Gasteiger partial charge in [-0.15, -0.1) is 24.0 Å². The van der Waals surface area contributed by atoms with E-state index in [4.69, 9.17) is 0 Å². The third kappa shape index (κ3) is 6.63. The predicted octanol–water partition coefficient (Wildman–Crippen LogP) is 3.52. The maximum absolute atomic E-state index is 14.0. The largest absolute Gasteiger partial charge is 0.365 e. The summed E-state index contributed by atoms with van der Waals surface area (Å²) in [7, 11) is -1.10. The predicted molar refractivity (Wildman–Crippen MR) is 129 cm³/mol. The number of benzene rings is 2. The molecule has 0 bridgehead atoms. The molecule has 164 valence electrons. The molecule has 3 rings (SSSR count). The quantitative estimate of drug-likeness (QED) is 0.316. The normalized spacial score (nSPS) is 17.4. The van der Waals surface area contributed by atoms with E-state index in [0.29, 0.717) is 37.9 Å². The van der Waals surface area contributed by atoms with Crippen LogP contribution in [0.3, 0.4) is 0 Å². The second-order valence-corrected chi connectivity index (χ2v) is 8.34. The van der Waals surface area contributed by atoms with Crippen molar-refractivity contribution in [3.63, 3.8) is 0 Å². The lowest BCUT2D eigenvalue weighted by Gasteiger charge is -2.21. The van der Waals surface area contributed by atoms with Crippen molar-refractivity contribution in [2.75, 3.05) is 36.8 Å². The van der Waals surface area contributed by atoms with Crippen LogP contribution in [0.25, 0.3) is 0 Å². The first-order valence-corrected chi connectivity index (χ1v) is 11.1. The Kier molecular flexibility index (Phi) is 9.96. The van der Waals surface area contributed by atoms with Crippen molar-refractivity contribution in [1.29, 1.82) is 0 Å². The van der Waals surface area contributed by atoms with Crippen LogP contribution in [0.1, 0.15) is 13.3 Å². The summed E-state index contributed by atoms with van der Waals surface area (Å²) in [6.07, 6.45) is 0.744. The zero-order chi connectivity index (χ0) is 20.6. The molecule has 30 heavy (non-hydrogen) atoms. The summed E-state index contributed by atoms with van der Waals surface area (Å²) in [6.45, 7) is 4.11. The highest BCUT2D eigenvalue weighted by Gasteiger charge is 2.27. The minimum atomic E-state index is -1.10. The molecule has 2 aromatic rings. The molecule has 0 aliphatic carbocycles. The minimum Gasteiger partial charge on any atom is -0.365 e. The fourth-order valence-electron chi connectivity index (χ4n) is 3.32. The summed E-state index contributed by atoms with van der Waals surface area (Å²) in [4.78, 5) is 7.02. The Bertz CT molecular complexity index is 849. The number of hydrogen-bond acceptors (Lipinski definition) is 3. The molecule has 0 radical (unpaired) electrons. The van der Waals surface area contributed by atoms with Crippen LogP contribution < -0.4 is 15.5 Å². The van der Waals surface area contributed by atoms with Gasteiger partial charge in [0.2, 0.25) is 0 Å². The minimum absolute atomic E-state index is 0. The first-order chi connectivity index (χ1) is 14.1. The van der Waals surface area contributed by atoms with E-state index < -0.39 is 22.4 Å². The lowest BCUT2D eigenvalue weighted by atomic mass is 10.2. The molecule has 2 unspecified atom stereocenters. The second-order valence-electron chi connectivity index (χ2n) is 6.77. The van der Waals surface area contributed by atoms with Gasteiger partial charge < -0.3 is 15.5 Å². The summed E-state index contributed by atoms with van der Waals surface area (Å²) in [5.74, 6) is -0.0414. The first-order valence-electron chi connectivity index (χ1n) is 9.75. The van der Waals surface area contributed by atoms with Gasteiger partial charge >= 0.3 is 0 Å². The average Bonchev–Trinajstić information content (AvgIpc) is 3.16. The molecule has 9 heteroatoms. The smallest absolute Gasteiger partial charge is 0.191 e. The maximum atomic E-state index is 14.0. The number of nitrogens with one attached hydrogen (secondary N) is 2. The number of halogens is 3. The maximum Gasteiger partial charge on any atom is 0.191 e. The van der Waals surface area contributed by atoms with Gasteiger partial charge in [-0.2, -0.15) is 0 Å². The highest BCUT2D eigenvalue weighted by molar-refractivity contribution is 14.0. The van der Waals surface area contributed by atoms with Crippen molar-refractivity contribution < 1.29 is 13.0 Å². The van der Waals surface area contributed by atoms with E-state index in [2.05, 4.69) is 15.6 Å². The van der Waals surface area contributed by atoms with E-state index in [-0.39, 0.29) is 35.7 Å². The topological polar surface area (TPSA) is 56.7 Å². The van der Waals surface area contributed by atoms with Crippen LogP contribution in [0.15, 0.2) is 58.4 Å². The molecule has 0 aromatic heterocycles. The molecule has 1 fully saturated rings.